The number of nitrogens with one attached hydrogen (secondary N) is 4. The fourth-order valence-corrected chi connectivity index (χ4v) is 8.19. The highest BCUT2D eigenvalue weighted by Crippen LogP contribution is 2.33. The van der Waals surface area contributed by atoms with Crippen LogP contribution in [0.1, 0.15) is 92.9 Å². The summed E-state index contributed by atoms with van der Waals surface area (Å²) in [4.78, 5) is 64.5. The fraction of sp³-hybridized carbons (Fsp3) is 0.500. The summed E-state index contributed by atoms with van der Waals surface area (Å²) in [5.74, 6) is -0.709. The number of aromatic nitrogens is 3. The maximum atomic E-state index is 15.0. The van der Waals surface area contributed by atoms with E-state index in [2.05, 4.69) is 46.9 Å². The minimum absolute atomic E-state index is 0.0523. The Morgan fingerprint density at radius 1 is 1.05 bits per heavy atom. The zero-order chi connectivity index (χ0) is 39.2. The number of fused-ring (bicyclic) bond motifs is 1. The van der Waals surface area contributed by atoms with Gasteiger partial charge in [-0.1, -0.05) is 30.8 Å². The van der Waals surface area contributed by atoms with Crippen molar-refractivity contribution in [1.29, 1.82) is 5.41 Å². The second kappa shape index (κ2) is 17.5. The lowest BCUT2D eigenvalue weighted by molar-refractivity contribution is -0.136. The van der Waals surface area contributed by atoms with Crippen molar-refractivity contribution >= 4 is 41.3 Å². The molecule has 296 valence electrons. The average Bonchev–Trinajstić information content (AvgIpc) is 3.97. The van der Waals surface area contributed by atoms with Gasteiger partial charge in [-0.05, 0) is 80.8 Å². The first-order chi connectivity index (χ1) is 27.2. The predicted octanol–water partition coefficient (Wildman–Crippen LogP) is 5.19. The lowest BCUT2D eigenvalue weighted by atomic mass is 9.97. The van der Waals surface area contributed by atoms with Crippen LogP contribution in [0.15, 0.2) is 46.3 Å². The van der Waals surface area contributed by atoms with Gasteiger partial charge in [-0.15, -0.1) is 0 Å². The molecular formula is C40H49FN10O5. The van der Waals surface area contributed by atoms with E-state index in [0.717, 1.165) is 113 Å². The van der Waals surface area contributed by atoms with Crippen LogP contribution in [0.4, 0.5) is 20.6 Å². The van der Waals surface area contributed by atoms with Gasteiger partial charge in [0.25, 0.3) is 5.91 Å². The summed E-state index contributed by atoms with van der Waals surface area (Å²) in [6.07, 6.45) is 12.0. The van der Waals surface area contributed by atoms with Gasteiger partial charge >= 0.3 is 6.03 Å². The maximum absolute atomic E-state index is 15.0. The molecule has 16 heteroatoms. The Kier molecular flexibility index (Phi) is 12.1. The number of carbonyl (C=O) groups excluding carboxylic acids is 4. The lowest BCUT2D eigenvalue weighted by Crippen LogP contribution is -2.52. The molecule has 15 nitrogen and oxygen atoms in total. The third-order valence-corrected chi connectivity index (χ3v) is 11.4. The molecule has 3 fully saturated rings. The summed E-state index contributed by atoms with van der Waals surface area (Å²) in [7, 11) is 0. The topological polar surface area (TPSA) is 190 Å². The molecule has 1 atom stereocenters. The molecule has 0 bridgehead atoms. The number of piperazine rings is 1. The number of halogens is 1. The number of piperidine rings is 1. The lowest BCUT2D eigenvalue weighted by Gasteiger charge is -2.36. The van der Waals surface area contributed by atoms with Crippen LogP contribution in [0.2, 0.25) is 0 Å². The number of rotatable bonds is 14. The van der Waals surface area contributed by atoms with Crippen molar-refractivity contribution in [2.24, 2.45) is 5.92 Å². The van der Waals surface area contributed by atoms with E-state index in [1.807, 2.05) is 19.1 Å². The first-order valence-corrected chi connectivity index (χ1v) is 19.7. The van der Waals surface area contributed by atoms with Crippen molar-refractivity contribution < 1.29 is 28.1 Å². The van der Waals surface area contributed by atoms with E-state index >= 15 is 4.39 Å². The SMILES string of the molecule is C/C(=C(\C=N)NC(=O)Nc1cnc(-c2noc(CCCCCCN3CCN(c4ccc5c(c4)CN(C4CCC(=O)NC4=O)C5=O)CC3)n2)c(F)c1)C1CCCC1. The molecule has 5 heterocycles. The second-order valence-electron chi connectivity index (χ2n) is 15.1. The molecule has 1 aromatic carbocycles. The molecular weight excluding hydrogens is 720 g/mol. The summed E-state index contributed by atoms with van der Waals surface area (Å²) >= 11 is 0. The van der Waals surface area contributed by atoms with Gasteiger partial charge in [-0.25, -0.2) is 14.2 Å². The monoisotopic (exact) mass is 768 g/mol. The number of benzene rings is 1. The summed E-state index contributed by atoms with van der Waals surface area (Å²) < 4.78 is 20.4. The van der Waals surface area contributed by atoms with Gasteiger partial charge in [-0.3, -0.25) is 24.6 Å². The molecule has 5 amide bonds. The van der Waals surface area contributed by atoms with E-state index in [1.54, 1.807) is 4.90 Å². The van der Waals surface area contributed by atoms with Crippen molar-refractivity contribution in [3.05, 3.63) is 64.6 Å². The Morgan fingerprint density at radius 2 is 1.84 bits per heavy atom. The number of urea groups is 1. The predicted molar refractivity (Wildman–Crippen MR) is 206 cm³/mol. The van der Waals surface area contributed by atoms with Gasteiger partial charge < -0.3 is 30.4 Å². The highest BCUT2D eigenvalue weighted by molar-refractivity contribution is 6.05. The molecule has 2 aromatic heterocycles. The van der Waals surface area contributed by atoms with Gasteiger partial charge in [0, 0.05) is 69.1 Å². The molecule has 1 unspecified atom stereocenters. The van der Waals surface area contributed by atoms with Crippen molar-refractivity contribution in [3.63, 3.8) is 0 Å². The van der Waals surface area contributed by atoms with Crippen molar-refractivity contribution in [3.8, 4) is 11.5 Å². The quantitative estimate of drug-likeness (QED) is 0.0965. The number of aryl methyl sites for hydroxylation is 1. The van der Waals surface area contributed by atoms with Crippen molar-refractivity contribution in [2.45, 2.75) is 90.1 Å². The molecule has 4 aliphatic rings. The molecule has 4 N–H and O–H groups in total. The zero-order valence-electron chi connectivity index (χ0n) is 31.7. The zero-order valence-corrected chi connectivity index (χ0v) is 31.7. The molecule has 1 saturated carbocycles. The number of pyridine rings is 1. The normalized spacial score (nSPS) is 19.5. The van der Waals surface area contributed by atoms with Crippen LogP contribution >= 0.6 is 0 Å². The van der Waals surface area contributed by atoms with Crippen LogP contribution < -0.4 is 20.9 Å². The van der Waals surface area contributed by atoms with Gasteiger partial charge in [-0.2, -0.15) is 4.98 Å². The first-order valence-electron chi connectivity index (χ1n) is 19.7. The van der Waals surface area contributed by atoms with Crippen LogP contribution in [0.3, 0.4) is 0 Å². The number of anilines is 2. The Labute approximate surface area is 325 Å². The molecule has 3 aromatic rings. The highest BCUT2D eigenvalue weighted by Gasteiger charge is 2.39. The number of hydrogen-bond acceptors (Lipinski definition) is 11. The van der Waals surface area contributed by atoms with Crippen LogP contribution in [0.25, 0.3) is 11.5 Å². The molecule has 3 aliphatic heterocycles. The molecule has 2 saturated heterocycles. The molecule has 0 radical (unpaired) electrons. The molecule has 7 rings (SSSR count). The number of unbranched alkanes of at least 4 members (excludes halogenated alkanes) is 3. The van der Waals surface area contributed by atoms with Crippen LogP contribution in [0.5, 0.6) is 0 Å². The van der Waals surface area contributed by atoms with Gasteiger partial charge in [0.1, 0.15) is 11.7 Å². The van der Waals surface area contributed by atoms with Crippen molar-refractivity contribution in [1.82, 2.24) is 35.6 Å². The molecule has 1 aliphatic carbocycles. The summed E-state index contributed by atoms with van der Waals surface area (Å²) in [6.45, 7) is 6.98. The molecule has 0 spiro atoms. The summed E-state index contributed by atoms with van der Waals surface area (Å²) in [5, 5.41) is 19.3. The molecule has 56 heavy (non-hydrogen) atoms. The summed E-state index contributed by atoms with van der Waals surface area (Å²) in [6, 6.07) is 5.89. The minimum Gasteiger partial charge on any atom is -0.369 e. The number of nitrogens with zero attached hydrogens (tertiary/aromatic N) is 6. The van der Waals surface area contributed by atoms with E-state index in [1.165, 1.54) is 6.20 Å². The number of amides is 5. The van der Waals surface area contributed by atoms with E-state index in [9.17, 15) is 19.2 Å². The fourth-order valence-electron chi connectivity index (χ4n) is 8.19. The second-order valence-corrected chi connectivity index (χ2v) is 15.1. The summed E-state index contributed by atoms with van der Waals surface area (Å²) in [5.41, 5.74) is 4.15. The van der Waals surface area contributed by atoms with Crippen molar-refractivity contribution in [2.75, 3.05) is 42.9 Å². The van der Waals surface area contributed by atoms with Gasteiger partial charge in [0.05, 0.1) is 17.6 Å². The number of allylic oxidation sites excluding steroid dienone is 2. The highest BCUT2D eigenvalue weighted by atomic mass is 19.1. The number of hydrogen-bond donors (Lipinski definition) is 4. The average molecular weight is 769 g/mol. The Balaban J connectivity index is 0.795. The Hall–Kier alpha value is -5.51. The van der Waals surface area contributed by atoms with E-state index < -0.39 is 23.8 Å². The largest absolute Gasteiger partial charge is 0.369 e. The first kappa shape index (κ1) is 38.8. The third-order valence-electron chi connectivity index (χ3n) is 11.4. The Bertz CT molecular complexity index is 2000. The van der Waals surface area contributed by atoms with Gasteiger partial charge in [0.15, 0.2) is 5.82 Å². The standard InChI is InChI=1S/C40H49FN10O5/c1-25(26-8-5-6-9-26)32(22-42)45-40(55)44-28-21-31(41)36(43-23-28)37-47-35(56-48-37)10-4-2-3-7-15-49-16-18-50(19-17-49)29-11-12-30-27(20-29)24-51(39(30)54)33-13-14-34(52)46-38(33)53/h11-12,20-23,26,33,42H,2-10,13-19,24H2,1H3,(H2,44,45,55)(H,46,52,53)/b32-25-,42-22?. The van der Waals surface area contributed by atoms with Gasteiger partial charge in [0.2, 0.25) is 23.5 Å². The van der Waals surface area contributed by atoms with Crippen LogP contribution in [-0.2, 0) is 22.6 Å². The minimum atomic E-state index is -0.692. The van der Waals surface area contributed by atoms with E-state index in [4.69, 9.17) is 9.93 Å². The smallest absolute Gasteiger partial charge is 0.323 e. The van der Waals surface area contributed by atoms with E-state index in [-0.39, 0.29) is 35.4 Å². The maximum Gasteiger partial charge on any atom is 0.323 e. The van der Waals surface area contributed by atoms with E-state index in [0.29, 0.717) is 42.5 Å². The number of imide groups is 1. The Morgan fingerprint density at radius 3 is 2.59 bits per heavy atom. The number of carbonyl (C=O) groups is 4. The van der Waals surface area contributed by atoms with Crippen LogP contribution in [-0.4, -0.2) is 93.7 Å². The third kappa shape index (κ3) is 8.96. The van der Waals surface area contributed by atoms with Crippen LogP contribution in [0, 0.1) is 17.1 Å².